The molecule has 8 heteroatoms. The highest BCUT2D eigenvalue weighted by molar-refractivity contribution is 6.10. The van der Waals surface area contributed by atoms with Crippen LogP contribution in [-0.4, -0.2) is 16.7 Å². The number of para-hydroxylation sites is 1. The monoisotopic (exact) mass is 377 g/mol. The van der Waals surface area contributed by atoms with Crippen molar-refractivity contribution >= 4 is 29.3 Å². The molecule has 28 heavy (non-hydrogen) atoms. The van der Waals surface area contributed by atoms with Crippen molar-refractivity contribution in [2.75, 3.05) is 5.32 Å². The van der Waals surface area contributed by atoms with E-state index < -0.39 is 16.7 Å². The molecule has 0 aliphatic carbocycles. The molecule has 0 bridgehead atoms. The summed E-state index contributed by atoms with van der Waals surface area (Å²) in [7, 11) is 0. The summed E-state index contributed by atoms with van der Waals surface area (Å²) in [5.74, 6) is -1.18. The lowest BCUT2D eigenvalue weighted by Crippen LogP contribution is -2.30. The van der Waals surface area contributed by atoms with Crippen molar-refractivity contribution in [2.45, 2.75) is 0 Å². The first-order chi connectivity index (χ1) is 13.5. The largest absolute Gasteiger partial charge is 0.459 e. The van der Waals surface area contributed by atoms with E-state index in [2.05, 4.69) is 10.6 Å². The van der Waals surface area contributed by atoms with Gasteiger partial charge >= 0.3 is 0 Å². The van der Waals surface area contributed by atoms with E-state index >= 15 is 0 Å². The van der Waals surface area contributed by atoms with Crippen LogP contribution in [0.15, 0.2) is 83.1 Å². The van der Waals surface area contributed by atoms with Crippen molar-refractivity contribution in [1.29, 1.82) is 0 Å². The van der Waals surface area contributed by atoms with E-state index in [9.17, 15) is 19.7 Å². The zero-order chi connectivity index (χ0) is 19.9. The number of carbonyl (C=O) groups is 2. The molecule has 0 saturated carbocycles. The zero-order valence-corrected chi connectivity index (χ0v) is 14.5. The van der Waals surface area contributed by atoms with Crippen LogP contribution in [0.4, 0.5) is 11.4 Å². The maximum absolute atomic E-state index is 12.7. The van der Waals surface area contributed by atoms with Gasteiger partial charge in [0.25, 0.3) is 17.5 Å². The van der Waals surface area contributed by atoms with Gasteiger partial charge in [0.15, 0.2) is 5.76 Å². The Kier molecular flexibility index (Phi) is 5.61. The molecule has 0 spiro atoms. The summed E-state index contributed by atoms with van der Waals surface area (Å²) < 4.78 is 5.03. The Labute approximate surface area is 159 Å². The van der Waals surface area contributed by atoms with Crippen LogP contribution in [0.5, 0.6) is 0 Å². The maximum Gasteiger partial charge on any atom is 0.291 e. The standard InChI is InChI=1S/C20H15N3O5/c24-19(21-15-7-2-1-3-8-15)17(22-20(25)18-10-5-11-28-18)13-14-6-4-9-16(12-14)23(26)27/h1-13H,(H,21,24)(H,22,25)/b17-13+. The number of carbonyl (C=O) groups excluding carboxylic acids is 2. The lowest BCUT2D eigenvalue weighted by Gasteiger charge is -2.10. The molecule has 1 heterocycles. The summed E-state index contributed by atoms with van der Waals surface area (Å²) in [5, 5.41) is 16.1. The van der Waals surface area contributed by atoms with Gasteiger partial charge in [-0.1, -0.05) is 30.3 Å². The third-order valence-corrected chi connectivity index (χ3v) is 3.66. The second-order valence-corrected chi connectivity index (χ2v) is 5.66. The first-order valence-electron chi connectivity index (χ1n) is 8.20. The van der Waals surface area contributed by atoms with Crippen LogP contribution in [0, 0.1) is 10.1 Å². The van der Waals surface area contributed by atoms with Crippen molar-refractivity contribution in [3.63, 3.8) is 0 Å². The molecule has 2 N–H and O–H groups in total. The van der Waals surface area contributed by atoms with Crippen molar-refractivity contribution in [3.05, 3.63) is 100 Å². The van der Waals surface area contributed by atoms with Crippen molar-refractivity contribution in [2.24, 2.45) is 0 Å². The van der Waals surface area contributed by atoms with E-state index in [4.69, 9.17) is 4.42 Å². The second-order valence-electron chi connectivity index (χ2n) is 5.66. The molecule has 3 aromatic rings. The summed E-state index contributed by atoms with van der Waals surface area (Å²) >= 11 is 0. The fourth-order valence-corrected chi connectivity index (χ4v) is 2.36. The van der Waals surface area contributed by atoms with E-state index in [-0.39, 0.29) is 17.1 Å². The number of rotatable bonds is 6. The SMILES string of the molecule is O=C(Nc1ccccc1)/C(=C\c1cccc([N+](=O)[O-])c1)NC(=O)c1ccco1. The smallest absolute Gasteiger partial charge is 0.291 e. The van der Waals surface area contributed by atoms with Crippen molar-refractivity contribution in [3.8, 4) is 0 Å². The molecule has 0 radical (unpaired) electrons. The average molecular weight is 377 g/mol. The van der Waals surface area contributed by atoms with Gasteiger partial charge in [0, 0.05) is 17.8 Å². The van der Waals surface area contributed by atoms with Gasteiger partial charge in [0.05, 0.1) is 11.2 Å². The van der Waals surface area contributed by atoms with Crippen LogP contribution in [0.3, 0.4) is 0 Å². The number of nitrogens with zero attached hydrogens (tertiary/aromatic N) is 1. The van der Waals surface area contributed by atoms with Crippen molar-refractivity contribution < 1.29 is 18.9 Å². The molecule has 0 aliphatic heterocycles. The number of amides is 2. The number of anilines is 1. The van der Waals surface area contributed by atoms with Gasteiger partial charge in [-0.15, -0.1) is 0 Å². The van der Waals surface area contributed by atoms with E-state index in [1.165, 1.54) is 36.6 Å². The minimum Gasteiger partial charge on any atom is -0.459 e. The molecule has 0 unspecified atom stereocenters. The number of nitro benzene ring substituents is 1. The molecule has 8 nitrogen and oxygen atoms in total. The predicted octanol–water partition coefficient (Wildman–Crippen LogP) is 3.60. The Bertz CT molecular complexity index is 1030. The Morgan fingerprint density at radius 1 is 1.00 bits per heavy atom. The molecule has 1 aromatic heterocycles. The topological polar surface area (TPSA) is 114 Å². The number of nitro groups is 1. The fourth-order valence-electron chi connectivity index (χ4n) is 2.36. The molecular formula is C20H15N3O5. The fraction of sp³-hybridized carbons (Fsp3) is 0. The number of nitrogens with one attached hydrogen (secondary N) is 2. The molecule has 2 amide bonds. The molecule has 0 saturated heterocycles. The Hall–Kier alpha value is -4.20. The van der Waals surface area contributed by atoms with Crippen molar-refractivity contribution in [1.82, 2.24) is 5.32 Å². The highest BCUT2D eigenvalue weighted by atomic mass is 16.6. The number of non-ortho nitro benzene ring substituents is 1. The van der Waals surface area contributed by atoms with E-state index in [1.54, 1.807) is 42.5 Å². The number of furan rings is 1. The van der Waals surface area contributed by atoms with Crippen LogP contribution in [0.25, 0.3) is 6.08 Å². The lowest BCUT2D eigenvalue weighted by atomic mass is 10.1. The van der Waals surface area contributed by atoms with Gasteiger partial charge in [-0.3, -0.25) is 19.7 Å². The molecule has 3 rings (SSSR count). The Morgan fingerprint density at radius 2 is 1.79 bits per heavy atom. The third-order valence-electron chi connectivity index (χ3n) is 3.66. The van der Waals surface area contributed by atoms with Gasteiger partial charge < -0.3 is 15.1 Å². The van der Waals surface area contributed by atoms with Crippen LogP contribution in [0.1, 0.15) is 16.1 Å². The van der Waals surface area contributed by atoms with E-state index in [1.807, 2.05) is 0 Å². The van der Waals surface area contributed by atoms with Gasteiger partial charge in [-0.2, -0.15) is 0 Å². The first kappa shape index (κ1) is 18.6. The molecule has 0 fully saturated rings. The van der Waals surface area contributed by atoms with E-state index in [0.717, 1.165) is 0 Å². The summed E-state index contributed by atoms with van der Waals surface area (Å²) in [4.78, 5) is 35.4. The average Bonchev–Trinajstić information content (AvgIpc) is 3.23. The predicted molar refractivity (Wildman–Crippen MR) is 102 cm³/mol. The van der Waals surface area contributed by atoms with E-state index in [0.29, 0.717) is 11.3 Å². The summed E-state index contributed by atoms with van der Waals surface area (Å²) in [6.45, 7) is 0. The number of hydrogen-bond acceptors (Lipinski definition) is 5. The Balaban J connectivity index is 1.91. The minimum absolute atomic E-state index is 0.0254. The highest BCUT2D eigenvalue weighted by Gasteiger charge is 2.17. The highest BCUT2D eigenvalue weighted by Crippen LogP contribution is 2.16. The molecule has 140 valence electrons. The Morgan fingerprint density at radius 3 is 2.46 bits per heavy atom. The van der Waals surface area contributed by atoms with Gasteiger partial charge in [-0.25, -0.2) is 0 Å². The summed E-state index contributed by atoms with van der Waals surface area (Å²) in [6, 6.07) is 17.4. The van der Waals surface area contributed by atoms with Crippen LogP contribution < -0.4 is 10.6 Å². The van der Waals surface area contributed by atoms with Crippen LogP contribution >= 0.6 is 0 Å². The molecular weight excluding hydrogens is 362 g/mol. The molecule has 2 aromatic carbocycles. The second kappa shape index (κ2) is 8.45. The first-order valence-corrected chi connectivity index (χ1v) is 8.20. The van der Waals surface area contributed by atoms with Gasteiger partial charge in [0.2, 0.25) is 0 Å². The number of hydrogen-bond donors (Lipinski definition) is 2. The lowest BCUT2D eigenvalue weighted by molar-refractivity contribution is -0.384. The normalized spacial score (nSPS) is 10.9. The maximum atomic E-state index is 12.7. The molecule has 0 atom stereocenters. The quantitative estimate of drug-likeness (QED) is 0.387. The third kappa shape index (κ3) is 4.70. The number of benzene rings is 2. The minimum atomic E-state index is -0.620. The van der Waals surface area contributed by atoms with Gasteiger partial charge in [-0.05, 0) is 35.9 Å². The van der Waals surface area contributed by atoms with Crippen LogP contribution in [-0.2, 0) is 4.79 Å². The molecule has 0 aliphatic rings. The summed E-state index contributed by atoms with van der Waals surface area (Å²) in [6.07, 6.45) is 2.69. The van der Waals surface area contributed by atoms with Gasteiger partial charge in [0.1, 0.15) is 5.70 Å². The van der Waals surface area contributed by atoms with Crippen LogP contribution in [0.2, 0.25) is 0 Å². The summed E-state index contributed by atoms with van der Waals surface area (Å²) in [5.41, 5.74) is 0.691. The zero-order valence-electron chi connectivity index (χ0n) is 14.5.